The summed E-state index contributed by atoms with van der Waals surface area (Å²) in [4.78, 5) is 29.2. The van der Waals surface area contributed by atoms with Crippen molar-refractivity contribution in [2.45, 2.75) is 77.4 Å². The number of amides is 2. The first-order valence-corrected chi connectivity index (χ1v) is 16.1. The summed E-state index contributed by atoms with van der Waals surface area (Å²) in [6.07, 6.45) is 0.856. The fourth-order valence-electron chi connectivity index (χ4n) is 4.61. The van der Waals surface area contributed by atoms with E-state index in [-0.39, 0.29) is 17.3 Å². The molecular weight excluding hydrogens is 593 g/mol. The van der Waals surface area contributed by atoms with E-state index < -0.39 is 34.1 Å². The smallest absolute Gasteiger partial charge is 0.264 e. The number of aryl methyl sites for hydroxylation is 2. The third-order valence-corrected chi connectivity index (χ3v) is 9.13. The first-order valence-electron chi connectivity index (χ1n) is 13.9. The van der Waals surface area contributed by atoms with Crippen LogP contribution in [0.5, 0.6) is 0 Å². The van der Waals surface area contributed by atoms with Crippen molar-refractivity contribution in [3.8, 4) is 0 Å². The largest absolute Gasteiger partial charge is 0.350 e. The lowest BCUT2D eigenvalue weighted by Crippen LogP contribution is -2.55. The molecule has 0 aliphatic carbocycles. The Morgan fingerprint density at radius 2 is 1.57 bits per heavy atom. The van der Waals surface area contributed by atoms with Gasteiger partial charge in [0.1, 0.15) is 12.6 Å². The maximum atomic E-state index is 14.3. The third-order valence-electron chi connectivity index (χ3n) is 6.77. The molecule has 2 amide bonds. The molecule has 0 aliphatic rings. The Kier molecular flexibility index (Phi) is 11.1. The van der Waals surface area contributed by atoms with Crippen molar-refractivity contribution in [1.82, 2.24) is 10.2 Å². The van der Waals surface area contributed by atoms with Crippen molar-refractivity contribution in [3.63, 3.8) is 0 Å². The Bertz CT molecular complexity index is 1520. The average Bonchev–Trinajstić information content (AvgIpc) is 2.91. The predicted molar refractivity (Wildman–Crippen MR) is 171 cm³/mol. The summed E-state index contributed by atoms with van der Waals surface area (Å²) in [6, 6.07) is 17.7. The maximum Gasteiger partial charge on any atom is 0.264 e. The molecule has 42 heavy (non-hydrogen) atoms. The van der Waals surface area contributed by atoms with Crippen LogP contribution in [-0.4, -0.2) is 43.3 Å². The molecule has 3 aromatic rings. The van der Waals surface area contributed by atoms with Crippen LogP contribution < -0.4 is 9.62 Å². The third kappa shape index (κ3) is 8.27. The number of carbonyl (C=O) groups excluding carboxylic acids is 2. The second kappa shape index (κ2) is 13.9. The van der Waals surface area contributed by atoms with Gasteiger partial charge in [0, 0.05) is 22.1 Å². The van der Waals surface area contributed by atoms with Crippen molar-refractivity contribution in [3.05, 3.63) is 93.5 Å². The quantitative estimate of drug-likeness (QED) is 0.253. The molecule has 0 bridgehead atoms. The van der Waals surface area contributed by atoms with Crippen LogP contribution >= 0.6 is 23.2 Å². The Hall–Kier alpha value is -3.07. The van der Waals surface area contributed by atoms with E-state index in [2.05, 4.69) is 5.32 Å². The molecule has 7 nitrogen and oxygen atoms in total. The number of halogens is 2. The minimum Gasteiger partial charge on any atom is -0.350 e. The summed E-state index contributed by atoms with van der Waals surface area (Å²) >= 11 is 12.6. The van der Waals surface area contributed by atoms with Crippen LogP contribution in [0.25, 0.3) is 0 Å². The Morgan fingerprint density at radius 3 is 2.14 bits per heavy atom. The summed E-state index contributed by atoms with van der Waals surface area (Å²) < 4.78 is 29.4. The van der Waals surface area contributed by atoms with Crippen molar-refractivity contribution >= 4 is 50.7 Å². The lowest BCUT2D eigenvalue weighted by atomic mass is 10.1. The second-order valence-corrected chi connectivity index (χ2v) is 13.9. The highest BCUT2D eigenvalue weighted by atomic mass is 35.5. The van der Waals surface area contributed by atoms with E-state index in [0.29, 0.717) is 34.1 Å². The topological polar surface area (TPSA) is 86.8 Å². The van der Waals surface area contributed by atoms with Gasteiger partial charge in [-0.05, 0) is 82.0 Å². The summed E-state index contributed by atoms with van der Waals surface area (Å²) in [6.45, 7) is 10.7. The van der Waals surface area contributed by atoms with Gasteiger partial charge in [-0.15, -0.1) is 0 Å². The highest BCUT2D eigenvalue weighted by Crippen LogP contribution is 2.29. The Balaban J connectivity index is 2.13. The summed E-state index contributed by atoms with van der Waals surface area (Å²) in [5.41, 5.74) is 2.12. The predicted octanol–water partition coefficient (Wildman–Crippen LogP) is 6.78. The van der Waals surface area contributed by atoms with Gasteiger partial charge in [0.2, 0.25) is 11.8 Å². The van der Waals surface area contributed by atoms with E-state index in [1.54, 1.807) is 42.5 Å². The number of sulfonamides is 1. The van der Waals surface area contributed by atoms with E-state index in [4.69, 9.17) is 23.2 Å². The van der Waals surface area contributed by atoms with E-state index in [1.165, 1.54) is 17.0 Å². The highest BCUT2D eigenvalue weighted by Gasteiger charge is 2.35. The molecule has 0 aliphatic heterocycles. The molecule has 0 aromatic heterocycles. The van der Waals surface area contributed by atoms with Crippen LogP contribution in [0.4, 0.5) is 5.69 Å². The number of hydrogen-bond donors (Lipinski definition) is 1. The molecule has 226 valence electrons. The molecule has 0 heterocycles. The number of nitrogens with zero attached hydrogens (tertiary/aromatic N) is 2. The number of anilines is 1. The molecule has 0 spiro atoms. The number of carbonyl (C=O) groups is 2. The number of rotatable bonds is 11. The lowest BCUT2D eigenvalue weighted by Gasteiger charge is -2.35. The summed E-state index contributed by atoms with van der Waals surface area (Å²) in [5.74, 6) is -0.885. The monoisotopic (exact) mass is 631 g/mol. The number of nitrogens with one attached hydrogen (secondary N) is 1. The zero-order chi connectivity index (χ0) is 31.2. The molecule has 0 fully saturated rings. The normalized spacial score (nSPS) is 12.5. The van der Waals surface area contributed by atoms with E-state index in [1.807, 2.05) is 53.7 Å². The van der Waals surface area contributed by atoms with Crippen molar-refractivity contribution in [2.75, 3.05) is 10.8 Å². The minimum atomic E-state index is -4.16. The molecule has 0 unspecified atom stereocenters. The lowest BCUT2D eigenvalue weighted by molar-refractivity contribution is -0.141. The Morgan fingerprint density at radius 1 is 0.929 bits per heavy atom. The van der Waals surface area contributed by atoms with Crippen molar-refractivity contribution in [2.24, 2.45) is 0 Å². The highest BCUT2D eigenvalue weighted by molar-refractivity contribution is 7.92. The number of para-hydroxylation sites is 1. The van der Waals surface area contributed by atoms with Gasteiger partial charge in [0.05, 0.1) is 10.6 Å². The first kappa shape index (κ1) is 33.4. The van der Waals surface area contributed by atoms with Crippen molar-refractivity contribution < 1.29 is 18.0 Å². The molecule has 0 saturated carbocycles. The molecule has 3 rings (SSSR count). The average molecular weight is 633 g/mol. The van der Waals surface area contributed by atoms with Crippen LogP contribution in [0.15, 0.2) is 71.6 Å². The molecule has 3 aromatic carbocycles. The number of hydrogen-bond acceptors (Lipinski definition) is 4. The second-order valence-electron chi connectivity index (χ2n) is 11.2. The standard InChI is InChI=1S/C32H39Cl2N3O4S/c1-7-23-11-9-10-12-29(23)37(42(40,41)26-17-13-22(3)14-18-26)21-30(38)36(20-24-15-16-25(33)19-27(24)34)28(8-2)31(39)35-32(4,5)6/h9-19,28H,7-8,20-21H2,1-6H3,(H,35,39)/t28-/m0/s1. The van der Waals surface area contributed by atoms with Gasteiger partial charge in [-0.1, -0.05) is 79.0 Å². The van der Waals surface area contributed by atoms with Gasteiger partial charge in [0.25, 0.3) is 10.0 Å². The zero-order valence-electron chi connectivity index (χ0n) is 24.9. The van der Waals surface area contributed by atoms with E-state index in [0.717, 1.165) is 15.4 Å². The van der Waals surface area contributed by atoms with Crippen LogP contribution in [0.1, 0.15) is 57.7 Å². The Labute approximate surface area is 259 Å². The SMILES string of the molecule is CCc1ccccc1N(CC(=O)N(Cc1ccc(Cl)cc1Cl)[C@@H](CC)C(=O)NC(C)(C)C)S(=O)(=O)c1ccc(C)cc1. The van der Waals surface area contributed by atoms with Gasteiger partial charge >= 0.3 is 0 Å². The van der Waals surface area contributed by atoms with E-state index in [9.17, 15) is 18.0 Å². The minimum absolute atomic E-state index is 0.0151. The van der Waals surface area contributed by atoms with E-state index >= 15 is 0 Å². The molecule has 0 radical (unpaired) electrons. The molecule has 1 atom stereocenters. The van der Waals surface area contributed by atoms with Crippen LogP contribution in [0, 0.1) is 6.92 Å². The van der Waals surface area contributed by atoms with Crippen molar-refractivity contribution in [1.29, 1.82) is 0 Å². The van der Waals surface area contributed by atoms with Gasteiger partial charge in [-0.2, -0.15) is 0 Å². The van der Waals surface area contributed by atoms with Crippen LogP contribution in [0.3, 0.4) is 0 Å². The molecular formula is C32H39Cl2N3O4S. The summed E-state index contributed by atoms with van der Waals surface area (Å²) in [5, 5.41) is 3.74. The first-order chi connectivity index (χ1) is 19.7. The summed E-state index contributed by atoms with van der Waals surface area (Å²) in [7, 11) is -4.16. The fraction of sp³-hybridized carbons (Fsp3) is 0.375. The fourth-order valence-corrected chi connectivity index (χ4v) is 6.53. The van der Waals surface area contributed by atoms with Gasteiger partial charge in [0.15, 0.2) is 0 Å². The molecule has 10 heteroatoms. The van der Waals surface area contributed by atoms with Gasteiger partial charge in [-0.3, -0.25) is 13.9 Å². The van der Waals surface area contributed by atoms with Crippen LogP contribution in [0.2, 0.25) is 10.0 Å². The number of benzene rings is 3. The van der Waals surface area contributed by atoms with Gasteiger partial charge < -0.3 is 10.2 Å². The zero-order valence-corrected chi connectivity index (χ0v) is 27.3. The van der Waals surface area contributed by atoms with Gasteiger partial charge in [-0.25, -0.2) is 8.42 Å². The molecule has 0 saturated heterocycles. The maximum absolute atomic E-state index is 14.3. The van der Waals surface area contributed by atoms with Crippen LogP contribution in [-0.2, 0) is 32.6 Å². The molecule has 1 N–H and O–H groups in total.